The van der Waals surface area contributed by atoms with E-state index in [1.165, 1.54) is 0 Å². The molecule has 174 valence electrons. The summed E-state index contributed by atoms with van der Waals surface area (Å²) < 4.78 is 10.9. The minimum Gasteiger partial charge on any atom is -0.496 e. The molecule has 1 aromatic carbocycles. The lowest BCUT2D eigenvalue weighted by Gasteiger charge is -2.38. The first kappa shape index (κ1) is 22.9. The van der Waals surface area contributed by atoms with Crippen LogP contribution in [0.25, 0.3) is 10.9 Å². The topological polar surface area (TPSA) is 89.5 Å². The van der Waals surface area contributed by atoms with Gasteiger partial charge in [-0.15, -0.1) is 0 Å². The summed E-state index contributed by atoms with van der Waals surface area (Å²) in [7, 11) is 3.27. The smallest absolute Gasteiger partial charge is 0.254 e. The lowest BCUT2D eigenvalue weighted by molar-refractivity contribution is -0.0192. The Bertz CT molecular complexity index is 1150. The largest absolute Gasteiger partial charge is 0.496 e. The van der Waals surface area contributed by atoms with Gasteiger partial charge in [0.15, 0.2) is 5.82 Å². The summed E-state index contributed by atoms with van der Waals surface area (Å²) in [5.41, 5.74) is 2.43. The molecule has 3 heterocycles. The molecule has 0 saturated carbocycles. The zero-order valence-electron chi connectivity index (χ0n) is 19.9. The van der Waals surface area contributed by atoms with Gasteiger partial charge in [0.1, 0.15) is 17.1 Å². The zero-order chi connectivity index (χ0) is 23.6. The average Bonchev–Trinajstić information content (AvgIpc) is 2.76. The predicted molar refractivity (Wildman–Crippen MR) is 128 cm³/mol. The van der Waals surface area contributed by atoms with Gasteiger partial charge in [-0.2, -0.15) is 0 Å². The van der Waals surface area contributed by atoms with Gasteiger partial charge < -0.3 is 19.7 Å². The van der Waals surface area contributed by atoms with Crippen molar-refractivity contribution in [3.05, 3.63) is 53.6 Å². The molecule has 0 atom stereocenters. The number of nitrogens with one attached hydrogen (secondary N) is 1. The van der Waals surface area contributed by atoms with Crippen molar-refractivity contribution in [3.63, 3.8) is 0 Å². The number of carbonyl (C=O) groups is 1. The molecule has 1 fully saturated rings. The number of methoxy groups -OCH3 is 2. The molecular formula is C25H31N5O3. The van der Waals surface area contributed by atoms with Crippen LogP contribution in [-0.4, -0.2) is 65.7 Å². The van der Waals surface area contributed by atoms with Crippen LogP contribution in [0.3, 0.4) is 0 Å². The van der Waals surface area contributed by atoms with Crippen molar-refractivity contribution in [2.75, 3.05) is 39.2 Å². The van der Waals surface area contributed by atoms with Crippen LogP contribution < -0.4 is 10.1 Å². The molecule has 1 N–H and O–H groups in total. The Morgan fingerprint density at radius 2 is 1.97 bits per heavy atom. The van der Waals surface area contributed by atoms with Gasteiger partial charge in [0.2, 0.25) is 0 Å². The SMILES string of the molecule is COc1cc(C(=O)N2CC(OC)C2)ccc1Cc1ncc2ccnc(NCC(C)(C)C)c2n1. The van der Waals surface area contributed by atoms with Gasteiger partial charge in [-0.25, -0.2) is 15.0 Å². The number of hydrogen-bond donors (Lipinski definition) is 1. The van der Waals surface area contributed by atoms with Crippen molar-refractivity contribution in [3.8, 4) is 5.75 Å². The predicted octanol–water partition coefficient (Wildman–Crippen LogP) is 3.55. The molecule has 3 aromatic rings. The van der Waals surface area contributed by atoms with Crippen molar-refractivity contribution in [2.24, 2.45) is 5.41 Å². The summed E-state index contributed by atoms with van der Waals surface area (Å²) in [5.74, 6) is 2.04. The van der Waals surface area contributed by atoms with E-state index in [0.29, 0.717) is 36.6 Å². The number of aromatic nitrogens is 3. The van der Waals surface area contributed by atoms with Crippen LogP contribution in [0, 0.1) is 5.41 Å². The molecule has 0 aliphatic carbocycles. The van der Waals surface area contributed by atoms with Crippen LogP contribution in [0.2, 0.25) is 0 Å². The Balaban J connectivity index is 1.55. The van der Waals surface area contributed by atoms with E-state index in [1.807, 2.05) is 24.4 Å². The maximum atomic E-state index is 12.7. The molecule has 1 aliphatic heterocycles. The number of fused-ring (bicyclic) bond motifs is 1. The fraction of sp³-hybridized carbons (Fsp3) is 0.440. The van der Waals surface area contributed by atoms with Crippen molar-refractivity contribution >= 4 is 22.6 Å². The number of rotatable bonds is 7. The van der Waals surface area contributed by atoms with Gasteiger partial charge in [0.05, 0.1) is 13.2 Å². The average molecular weight is 450 g/mol. The van der Waals surface area contributed by atoms with Crippen LogP contribution in [0.15, 0.2) is 36.7 Å². The molecule has 0 radical (unpaired) electrons. The van der Waals surface area contributed by atoms with Crippen LogP contribution in [0.5, 0.6) is 5.75 Å². The quantitative estimate of drug-likeness (QED) is 0.590. The normalized spacial score (nSPS) is 14.3. The third kappa shape index (κ3) is 5.22. The molecule has 8 nitrogen and oxygen atoms in total. The van der Waals surface area contributed by atoms with E-state index in [-0.39, 0.29) is 17.4 Å². The third-order valence-corrected chi connectivity index (χ3v) is 5.69. The summed E-state index contributed by atoms with van der Waals surface area (Å²) in [6, 6.07) is 7.44. The monoisotopic (exact) mass is 449 g/mol. The van der Waals surface area contributed by atoms with E-state index in [1.54, 1.807) is 31.4 Å². The number of amides is 1. The van der Waals surface area contributed by atoms with Gasteiger partial charge >= 0.3 is 0 Å². The van der Waals surface area contributed by atoms with Crippen LogP contribution >= 0.6 is 0 Å². The Hall–Kier alpha value is -3.26. The molecule has 0 bridgehead atoms. The molecule has 4 rings (SSSR count). The first-order valence-electron chi connectivity index (χ1n) is 11.1. The van der Waals surface area contributed by atoms with E-state index in [2.05, 4.69) is 36.1 Å². The van der Waals surface area contributed by atoms with Gasteiger partial charge in [0.25, 0.3) is 5.91 Å². The molecule has 1 aliphatic rings. The molecule has 2 aromatic heterocycles. The Labute approximate surface area is 194 Å². The summed E-state index contributed by atoms with van der Waals surface area (Å²) in [6.07, 6.45) is 4.19. The zero-order valence-corrected chi connectivity index (χ0v) is 19.9. The lowest BCUT2D eigenvalue weighted by atomic mass is 9.97. The van der Waals surface area contributed by atoms with Gasteiger partial charge in [-0.3, -0.25) is 4.79 Å². The molecule has 0 spiro atoms. The second kappa shape index (κ2) is 9.31. The second-order valence-corrected chi connectivity index (χ2v) is 9.57. The summed E-state index contributed by atoms with van der Waals surface area (Å²) in [6.45, 7) is 8.52. The number of pyridine rings is 1. The third-order valence-electron chi connectivity index (χ3n) is 5.69. The Morgan fingerprint density at radius 1 is 1.18 bits per heavy atom. The highest BCUT2D eigenvalue weighted by Gasteiger charge is 2.31. The molecule has 1 saturated heterocycles. The van der Waals surface area contributed by atoms with E-state index in [9.17, 15) is 4.79 Å². The number of carbonyl (C=O) groups excluding carboxylic acids is 1. The van der Waals surface area contributed by atoms with Gasteiger partial charge in [-0.1, -0.05) is 26.8 Å². The molecule has 0 unspecified atom stereocenters. The van der Waals surface area contributed by atoms with E-state index in [4.69, 9.17) is 14.5 Å². The number of ether oxygens (including phenoxy) is 2. The van der Waals surface area contributed by atoms with Crippen molar-refractivity contribution in [1.82, 2.24) is 19.9 Å². The van der Waals surface area contributed by atoms with Crippen LogP contribution in [0.4, 0.5) is 5.82 Å². The number of hydrogen-bond acceptors (Lipinski definition) is 7. The van der Waals surface area contributed by atoms with Crippen LogP contribution in [0.1, 0.15) is 42.5 Å². The van der Waals surface area contributed by atoms with Gasteiger partial charge in [-0.05, 0) is 23.6 Å². The standard InChI is InChI=1S/C25H31N5O3/c1-25(2,3)15-28-23-22-18(8-9-26-23)12-27-21(29-22)11-16-6-7-17(10-20(16)33-5)24(31)30-13-19(14-30)32-4/h6-10,12,19H,11,13-15H2,1-5H3,(H,26,28). The molecule has 33 heavy (non-hydrogen) atoms. The number of likely N-dealkylation sites (tertiary alicyclic amines) is 1. The number of benzene rings is 1. The first-order valence-corrected chi connectivity index (χ1v) is 11.1. The summed E-state index contributed by atoms with van der Waals surface area (Å²) in [4.78, 5) is 28.3. The van der Waals surface area contributed by atoms with Gasteiger partial charge in [0, 0.05) is 62.1 Å². The van der Waals surface area contributed by atoms with Crippen molar-refractivity contribution in [1.29, 1.82) is 0 Å². The van der Waals surface area contributed by atoms with Crippen molar-refractivity contribution in [2.45, 2.75) is 33.3 Å². The highest BCUT2D eigenvalue weighted by Crippen LogP contribution is 2.26. The van der Waals surface area contributed by atoms with E-state index >= 15 is 0 Å². The highest BCUT2D eigenvalue weighted by atomic mass is 16.5. The summed E-state index contributed by atoms with van der Waals surface area (Å²) >= 11 is 0. The van der Waals surface area contributed by atoms with Crippen LogP contribution in [-0.2, 0) is 11.2 Å². The Kier molecular flexibility index (Phi) is 6.47. The first-order chi connectivity index (χ1) is 15.8. The molecular weight excluding hydrogens is 418 g/mol. The molecule has 1 amide bonds. The maximum absolute atomic E-state index is 12.7. The Morgan fingerprint density at radius 3 is 2.67 bits per heavy atom. The van der Waals surface area contributed by atoms with Crippen molar-refractivity contribution < 1.29 is 14.3 Å². The minimum atomic E-state index is -0.0178. The number of anilines is 1. The van der Waals surface area contributed by atoms with E-state index < -0.39 is 0 Å². The maximum Gasteiger partial charge on any atom is 0.254 e. The van der Waals surface area contributed by atoms with E-state index in [0.717, 1.165) is 28.8 Å². The summed E-state index contributed by atoms with van der Waals surface area (Å²) in [5, 5.41) is 4.35. The lowest BCUT2D eigenvalue weighted by Crippen LogP contribution is -2.54. The fourth-order valence-electron chi connectivity index (χ4n) is 3.69. The minimum absolute atomic E-state index is 0.0178. The highest BCUT2D eigenvalue weighted by molar-refractivity contribution is 5.95. The second-order valence-electron chi connectivity index (χ2n) is 9.57. The molecule has 8 heteroatoms. The fourth-order valence-corrected chi connectivity index (χ4v) is 3.69. The number of nitrogens with zero attached hydrogens (tertiary/aromatic N) is 4.